The van der Waals surface area contributed by atoms with Crippen LogP contribution in [0.15, 0.2) is 24.8 Å². The number of ether oxygens (including phenoxy) is 1. The van der Waals surface area contributed by atoms with Gasteiger partial charge in [0.05, 0.1) is 10.5 Å². The molecule has 2 N–H and O–H groups in total. The van der Waals surface area contributed by atoms with E-state index in [9.17, 15) is 14.9 Å². The number of nitro groups is 1. The lowest BCUT2D eigenvalue weighted by molar-refractivity contribution is -0.385. The zero-order chi connectivity index (χ0) is 15.5. The van der Waals surface area contributed by atoms with Gasteiger partial charge < -0.3 is 10.5 Å². The minimum Gasteiger partial charge on any atom is -0.459 e. The van der Waals surface area contributed by atoms with Crippen LogP contribution in [0.25, 0.3) is 6.08 Å². The lowest BCUT2D eigenvalue weighted by Crippen LogP contribution is -2.31. The van der Waals surface area contributed by atoms with E-state index >= 15 is 0 Å². The first-order valence-electron chi connectivity index (χ1n) is 6.05. The molecule has 1 aromatic carbocycles. The molecule has 0 aliphatic heterocycles. The van der Waals surface area contributed by atoms with E-state index in [2.05, 4.69) is 6.58 Å². The van der Waals surface area contributed by atoms with Gasteiger partial charge in [-0.25, -0.2) is 4.79 Å². The average molecular weight is 278 g/mol. The summed E-state index contributed by atoms with van der Waals surface area (Å²) in [5, 5.41) is 11.1. The Morgan fingerprint density at radius 3 is 2.55 bits per heavy atom. The van der Waals surface area contributed by atoms with Gasteiger partial charge in [0.15, 0.2) is 0 Å². The monoisotopic (exact) mass is 278 g/mol. The highest BCUT2D eigenvalue weighted by Crippen LogP contribution is 2.27. The number of rotatable bonds is 4. The fourth-order valence-electron chi connectivity index (χ4n) is 1.60. The highest BCUT2D eigenvalue weighted by molar-refractivity contribution is 5.79. The van der Waals surface area contributed by atoms with Crippen LogP contribution in [0.2, 0.25) is 0 Å². The highest BCUT2D eigenvalue weighted by atomic mass is 16.6. The highest BCUT2D eigenvalue weighted by Gasteiger charge is 2.28. The lowest BCUT2D eigenvalue weighted by atomic mass is 10.0. The van der Waals surface area contributed by atoms with E-state index in [1.807, 2.05) is 0 Å². The number of nitrogens with zero attached hydrogens (tertiary/aromatic N) is 1. The Hall–Kier alpha value is -2.21. The summed E-state index contributed by atoms with van der Waals surface area (Å²) in [7, 11) is 0. The van der Waals surface area contributed by atoms with Crippen molar-refractivity contribution in [2.24, 2.45) is 5.73 Å². The first-order valence-corrected chi connectivity index (χ1v) is 6.05. The Morgan fingerprint density at radius 1 is 1.50 bits per heavy atom. The molecule has 0 aromatic heterocycles. The second kappa shape index (κ2) is 5.83. The van der Waals surface area contributed by atoms with Crippen molar-refractivity contribution in [1.29, 1.82) is 0 Å². The van der Waals surface area contributed by atoms with Gasteiger partial charge in [-0.05, 0) is 32.4 Å². The number of esters is 1. The predicted octanol–water partition coefficient (Wildman–Crippen LogP) is 2.58. The summed E-state index contributed by atoms with van der Waals surface area (Å²) in [6.07, 6.45) is 1.48. The molecule has 108 valence electrons. The first kappa shape index (κ1) is 15.8. The zero-order valence-electron chi connectivity index (χ0n) is 11.8. The molecule has 0 heterocycles. The summed E-state index contributed by atoms with van der Waals surface area (Å²) >= 11 is 0. The van der Waals surface area contributed by atoms with Crippen molar-refractivity contribution in [3.8, 4) is 0 Å². The number of carbonyl (C=O) groups is 1. The third-order valence-corrected chi connectivity index (χ3v) is 2.48. The summed E-state index contributed by atoms with van der Waals surface area (Å²) in [5.74, 6) is -0.702. The molecule has 0 radical (unpaired) electrons. The van der Waals surface area contributed by atoms with E-state index < -0.39 is 22.5 Å². The molecule has 0 aliphatic carbocycles. The van der Waals surface area contributed by atoms with Gasteiger partial charge in [-0.2, -0.15) is 0 Å². The van der Waals surface area contributed by atoms with E-state index in [0.29, 0.717) is 5.56 Å². The maximum Gasteiger partial charge on any atom is 0.328 e. The fourth-order valence-corrected chi connectivity index (χ4v) is 1.60. The van der Waals surface area contributed by atoms with Crippen molar-refractivity contribution in [2.75, 3.05) is 0 Å². The largest absolute Gasteiger partial charge is 0.459 e. The second-order valence-electron chi connectivity index (χ2n) is 5.29. The molecule has 0 bridgehead atoms. The molecular formula is C14H18N2O4. The van der Waals surface area contributed by atoms with Crippen molar-refractivity contribution in [2.45, 2.75) is 32.4 Å². The molecule has 1 atom stereocenters. The standard InChI is InChI=1S/C14H18N2O4/c1-5-9-6-7-10(11(8-9)16(18)19)12(15)13(17)20-14(2,3)4/h5-8,12H,1,15H2,2-4H3. The van der Waals surface area contributed by atoms with Gasteiger partial charge in [0.2, 0.25) is 0 Å². The van der Waals surface area contributed by atoms with Gasteiger partial charge in [0.25, 0.3) is 5.69 Å². The molecule has 1 rings (SSSR count). The smallest absolute Gasteiger partial charge is 0.328 e. The van der Waals surface area contributed by atoms with Crippen molar-refractivity contribution in [3.05, 3.63) is 46.0 Å². The number of hydrogen-bond acceptors (Lipinski definition) is 5. The number of nitrogens with two attached hydrogens (primary N) is 1. The minimum absolute atomic E-state index is 0.120. The van der Waals surface area contributed by atoms with E-state index in [1.165, 1.54) is 18.2 Å². The minimum atomic E-state index is -1.20. The van der Waals surface area contributed by atoms with Crippen molar-refractivity contribution >= 4 is 17.7 Å². The van der Waals surface area contributed by atoms with Crippen LogP contribution < -0.4 is 5.73 Å². The molecule has 0 amide bonds. The number of nitro benzene ring substituents is 1. The molecule has 0 spiro atoms. The maximum absolute atomic E-state index is 11.9. The normalized spacial score (nSPS) is 12.6. The molecule has 1 unspecified atom stereocenters. The maximum atomic E-state index is 11.9. The summed E-state index contributed by atoms with van der Waals surface area (Å²) < 4.78 is 5.14. The van der Waals surface area contributed by atoms with E-state index in [1.54, 1.807) is 26.8 Å². The van der Waals surface area contributed by atoms with Crippen LogP contribution >= 0.6 is 0 Å². The molecule has 6 nitrogen and oxygen atoms in total. The Kier molecular flexibility index (Phi) is 4.62. The van der Waals surface area contributed by atoms with Crippen LogP contribution in [-0.2, 0) is 9.53 Å². The number of benzene rings is 1. The van der Waals surface area contributed by atoms with Crippen LogP contribution in [-0.4, -0.2) is 16.5 Å². The van der Waals surface area contributed by atoms with Crippen molar-refractivity contribution in [1.82, 2.24) is 0 Å². The van der Waals surface area contributed by atoms with Gasteiger partial charge in [0, 0.05) is 6.07 Å². The molecule has 0 saturated heterocycles. The topological polar surface area (TPSA) is 95.5 Å². The zero-order valence-corrected chi connectivity index (χ0v) is 11.8. The lowest BCUT2D eigenvalue weighted by Gasteiger charge is -2.22. The average Bonchev–Trinajstić information content (AvgIpc) is 2.35. The summed E-state index contributed by atoms with van der Waals surface area (Å²) in [5.41, 5.74) is 5.55. The Bertz CT molecular complexity index is 547. The summed E-state index contributed by atoms with van der Waals surface area (Å²) in [6.45, 7) is 8.65. The van der Waals surface area contributed by atoms with Crippen LogP contribution in [0.1, 0.15) is 37.9 Å². The van der Waals surface area contributed by atoms with Gasteiger partial charge in [-0.1, -0.05) is 18.7 Å². The van der Waals surface area contributed by atoms with E-state index in [-0.39, 0.29) is 11.3 Å². The van der Waals surface area contributed by atoms with Gasteiger partial charge in [-0.3, -0.25) is 10.1 Å². The van der Waals surface area contributed by atoms with Crippen LogP contribution in [0.3, 0.4) is 0 Å². The third kappa shape index (κ3) is 3.89. The summed E-state index contributed by atoms with van der Waals surface area (Å²) in [4.78, 5) is 22.4. The third-order valence-electron chi connectivity index (χ3n) is 2.48. The van der Waals surface area contributed by atoms with Gasteiger partial charge in [0.1, 0.15) is 11.6 Å². The summed E-state index contributed by atoms with van der Waals surface area (Å²) in [6, 6.07) is 3.18. The molecule has 20 heavy (non-hydrogen) atoms. The molecule has 0 aliphatic rings. The Morgan fingerprint density at radius 2 is 2.10 bits per heavy atom. The number of carbonyl (C=O) groups excluding carboxylic acids is 1. The van der Waals surface area contributed by atoms with Gasteiger partial charge >= 0.3 is 5.97 Å². The van der Waals surface area contributed by atoms with Crippen LogP contribution in [0, 0.1) is 10.1 Å². The predicted molar refractivity (Wildman–Crippen MR) is 76.0 cm³/mol. The van der Waals surface area contributed by atoms with E-state index in [4.69, 9.17) is 10.5 Å². The molecule has 0 fully saturated rings. The van der Waals surface area contributed by atoms with Crippen LogP contribution in [0.4, 0.5) is 5.69 Å². The van der Waals surface area contributed by atoms with Crippen molar-refractivity contribution in [3.63, 3.8) is 0 Å². The fraction of sp³-hybridized carbons (Fsp3) is 0.357. The van der Waals surface area contributed by atoms with Crippen molar-refractivity contribution < 1.29 is 14.5 Å². The number of hydrogen-bond donors (Lipinski definition) is 1. The van der Waals surface area contributed by atoms with Gasteiger partial charge in [-0.15, -0.1) is 0 Å². The Labute approximate surface area is 117 Å². The quantitative estimate of drug-likeness (QED) is 0.519. The first-order chi connectivity index (χ1) is 9.15. The SMILES string of the molecule is C=Cc1ccc(C(N)C(=O)OC(C)(C)C)c([N+](=O)[O-])c1. The molecule has 0 saturated carbocycles. The second-order valence-corrected chi connectivity index (χ2v) is 5.29. The molecule has 1 aromatic rings. The van der Waals surface area contributed by atoms with Crippen LogP contribution in [0.5, 0.6) is 0 Å². The Balaban J connectivity index is 3.15. The van der Waals surface area contributed by atoms with E-state index in [0.717, 1.165) is 0 Å². The molecule has 6 heteroatoms. The molecular weight excluding hydrogens is 260 g/mol.